The standard InChI is InChI=1S/C40H66N4O4/c1-3-5-7-9-11-13-15-19-27-41-29-25-35(45)43-33-23-24-34(38-37(33)39(47)31-21-17-18-22-32(31)40(38)48)44-36(46)26-30-42-28-20-16-14-12-10-8-6-4-2/h17-18,21-24,35-38,41-46H,3-16,19-20,25-30H2,1-2H3. The van der Waals surface area contributed by atoms with Crippen molar-refractivity contribution in [2.24, 2.45) is 11.8 Å². The SMILES string of the molecule is CCCCCCCCCCNCCC(O)NC1=CC=C(NC(O)CCNCCCCCCCCCC)C2C(=O)c3ccccc3C(=O)C12. The summed E-state index contributed by atoms with van der Waals surface area (Å²) in [6, 6.07) is 6.95. The smallest absolute Gasteiger partial charge is 0.173 e. The Morgan fingerprint density at radius 1 is 0.542 bits per heavy atom. The van der Waals surface area contributed by atoms with Crippen molar-refractivity contribution in [3.8, 4) is 0 Å². The number of carbonyl (C=O) groups excluding carboxylic acids is 2. The predicted octanol–water partition coefficient (Wildman–Crippen LogP) is 7.14. The van der Waals surface area contributed by atoms with Gasteiger partial charge in [0.05, 0.1) is 11.8 Å². The molecule has 2 aliphatic carbocycles. The van der Waals surface area contributed by atoms with Crippen LogP contribution in [0.25, 0.3) is 0 Å². The van der Waals surface area contributed by atoms with Crippen LogP contribution in [0.4, 0.5) is 0 Å². The number of ketones is 2. The van der Waals surface area contributed by atoms with E-state index in [1.54, 1.807) is 36.4 Å². The van der Waals surface area contributed by atoms with Gasteiger partial charge in [0.2, 0.25) is 0 Å². The molecule has 4 atom stereocenters. The molecular weight excluding hydrogens is 600 g/mol. The van der Waals surface area contributed by atoms with E-state index in [0.29, 0.717) is 48.5 Å². The van der Waals surface area contributed by atoms with Crippen molar-refractivity contribution >= 4 is 11.6 Å². The van der Waals surface area contributed by atoms with E-state index < -0.39 is 24.3 Å². The van der Waals surface area contributed by atoms with Gasteiger partial charge in [0.15, 0.2) is 11.6 Å². The second-order valence-corrected chi connectivity index (χ2v) is 13.8. The second-order valence-electron chi connectivity index (χ2n) is 13.8. The van der Waals surface area contributed by atoms with E-state index in [1.807, 2.05) is 0 Å². The van der Waals surface area contributed by atoms with E-state index in [2.05, 4.69) is 35.1 Å². The zero-order chi connectivity index (χ0) is 34.4. The van der Waals surface area contributed by atoms with Crippen molar-refractivity contribution in [2.45, 2.75) is 142 Å². The highest BCUT2D eigenvalue weighted by Gasteiger charge is 2.46. The maximum Gasteiger partial charge on any atom is 0.173 e. The minimum Gasteiger partial charge on any atom is -0.374 e. The number of allylic oxidation sites excluding steroid dienone is 4. The lowest BCUT2D eigenvalue weighted by Gasteiger charge is -2.37. The fourth-order valence-corrected chi connectivity index (χ4v) is 6.88. The lowest BCUT2D eigenvalue weighted by atomic mass is 9.69. The van der Waals surface area contributed by atoms with Crippen molar-refractivity contribution in [1.82, 2.24) is 21.3 Å². The summed E-state index contributed by atoms with van der Waals surface area (Å²) >= 11 is 0. The molecule has 0 bridgehead atoms. The van der Waals surface area contributed by atoms with Gasteiger partial charge in [-0.15, -0.1) is 0 Å². The Morgan fingerprint density at radius 3 is 1.27 bits per heavy atom. The van der Waals surface area contributed by atoms with Crippen LogP contribution >= 0.6 is 0 Å². The first-order chi connectivity index (χ1) is 23.5. The molecule has 0 fully saturated rings. The summed E-state index contributed by atoms with van der Waals surface area (Å²) in [5, 5.41) is 34.8. The molecule has 48 heavy (non-hydrogen) atoms. The van der Waals surface area contributed by atoms with E-state index in [-0.39, 0.29) is 11.6 Å². The lowest BCUT2D eigenvalue weighted by Crippen LogP contribution is -2.48. The van der Waals surface area contributed by atoms with E-state index in [0.717, 1.165) is 25.9 Å². The molecule has 0 saturated heterocycles. The van der Waals surface area contributed by atoms with E-state index in [9.17, 15) is 19.8 Å². The maximum absolute atomic E-state index is 13.8. The van der Waals surface area contributed by atoms with Crippen LogP contribution in [0.2, 0.25) is 0 Å². The first kappa shape index (κ1) is 39.9. The van der Waals surface area contributed by atoms with Crippen LogP contribution < -0.4 is 21.3 Å². The summed E-state index contributed by atoms with van der Waals surface area (Å²) < 4.78 is 0. The Hall–Kier alpha value is -2.52. The third-order valence-electron chi connectivity index (χ3n) is 9.74. The number of Topliss-reactive ketones (excluding diaryl/α,β-unsaturated/α-hetero) is 2. The molecule has 8 nitrogen and oxygen atoms in total. The Labute approximate surface area is 291 Å². The molecule has 0 spiro atoms. The lowest BCUT2D eigenvalue weighted by molar-refractivity contribution is 0.0732. The summed E-state index contributed by atoms with van der Waals surface area (Å²) in [5.74, 6) is -1.87. The fraction of sp³-hybridized carbons (Fsp3) is 0.700. The minimum absolute atomic E-state index is 0.150. The van der Waals surface area contributed by atoms with Crippen molar-refractivity contribution in [3.63, 3.8) is 0 Å². The normalized spacial score (nSPS) is 18.5. The molecule has 0 amide bonds. The minimum atomic E-state index is -0.858. The van der Waals surface area contributed by atoms with Gasteiger partial charge in [-0.3, -0.25) is 9.59 Å². The molecule has 1 aromatic rings. The summed E-state index contributed by atoms with van der Waals surface area (Å²) in [6.07, 6.45) is 23.3. The Kier molecular flexibility index (Phi) is 19.8. The highest BCUT2D eigenvalue weighted by atomic mass is 16.3. The highest BCUT2D eigenvalue weighted by molar-refractivity contribution is 6.18. The third-order valence-corrected chi connectivity index (χ3v) is 9.74. The van der Waals surface area contributed by atoms with Gasteiger partial charge in [0, 0.05) is 35.4 Å². The number of rotatable bonds is 28. The Bertz CT molecular complexity index is 1050. The Morgan fingerprint density at radius 2 is 0.896 bits per heavy atom. The number of aliphatic hydroxyl groups excluding tert-OH is 2. The van der Waals surface area contributed by atoms with E-state index >= 15 is 0 Å². The van der Waals surface area contributed by atoms with E-state index in [4.69, 9.17) is 0 Å². The molecule has 270 valence electrons. The molecule has 6 N–H and O–H groups in total. The zero-order valence-corrected chi connectivity index (χ0v) is 30.0. The number of unbranched alkanes of at least 4 members (excludes halogenated alkanes) is 14. The van der Waals surface area contributed by atoms with Crippen LogP contribution in [0.15, 0.2) is 47.8 Å². The molecule has 0 aromatic heterocycles. The first-order valence-electron chi connectivity index (χ1n) is 19.4. The van der Waals surface area contributed by atoms with Crippen LogP contribution in [0.5, 0.6) is 0 Å². The molecule has 2 aliphatic rings. The summed E-state index contributed by atoms with van der Waals surface area (Å²) in [5.41, 5.74) is 1.89. The van der Waals surface area contributed by atoms with Crippen molar-refractivity contribution in [2.75, 3.05) is 26.2 Å². The van der Waals surface area contributed by atoms with Gasteiger partial charge >= 0.3 is 0 Å². The zero-order valence-electron chi connectivity index (χ0n) is 30.0. The molecule has 0 radical (unpaired) electrons. The van der Waals surface area contributed by atoms with Crippen molar-refractivity contribution in [3.05, 3.63) is 58.9 Å². The Balaban J connectivity index is 1.47. The third kappa shape index (κ3) is 13.8. The molecule has 0 saturated carbocycles. The van der Waals surface area contributed by atoms with Gasteiger partial charge in [-0.1, -0.05) is 128 Å². The molecule has 4 unspecified atom stereocenters. The van der Waals surface area contributed by atoms with Gasteiger partial charge in [-0.05, 0) is 51.2 Å². The first-order valence-corrected chi connectivity index (χ1v) is 19.4. The molecule has 1 aromatic carbocycles. The number of aliphatic hydroxyl groups is 2. The molecule has 0 aliphatic heterocycles. The van der Waals surface area contributed by atoms with Crippen LogP contribution in [0.3, 0.4) is 0 Å². The van der Waals surface area contributed by atoms with Crippen LogP contribution in [0.1, 0.15) is 150 Å². The maximum atomic E-state index is 13.8. The van der Waals surface area contributed by atoms with Crippen LogP contribution in [-0.2, 0) is 0 Å². The van der Waals surface area contributed by atoms with Crippen LogP contribution in [0, 0.1) is 11.8 Å². The molecular formula is C40H66N4O4. The second kappa shape index (κ2) is 23.8. The van der Waals surface area contributed by atoms with Gasteiger partial charge in [-0.2, -0.15) is 0 Å². The average molecular weight is 667 g/mol. The number of carbonyl (C=O) groups is 2. The summed E-state index contributed by atoms with van der Waals surface area (Å²) in [4.78, 5) is 27.6. The van der Waals surface area contributed by atoms with Gasteiger partial charge in [-0.25, -0.2) is 0 Å². The van der Waals surface area contributed by atoms with Gasteiger partial charge in [0.1, 0.15) is 12.5 Å². The number of hydrogen-bond donors (Lipinski definition) is 6. The highest BCUT2D eigenvalue weighted by Crippen LogP contribution is 2.39. The topological polar surface area (TPSA) is 123 Å². The number of nitrogens with one attached hydrogen (secondary N) is 4. The fourth-order valence-electron chi connectivity index (χ4n) is 6.88. The van der Waals surface area contributed by atoms with Gasteiger partial charge in [0.25, 0.3) is 0 Å². The summed E-state index contributed by atoms with van der Waals surface area (Å²) in [6.45, 7) is 7.65. The van der Waals surface area contributed by atoms with Crippen molar-refractivity contribution < 1.29 is 19.8 Å². The summed E-state index contributed by atoms with van der Waals surface area (Å²) in [7, 11) is 0. The van der Waals surface area contributed by atoms with E-state index in [1.165, 1.54) is 89.9 Å². The largest absolute Gasteiger partial charge is 0.374 e. The average Bonchev–Trinajstić information content (AvgIpc) is 3.09. The quantitative estimate of drug-likeness (QED) is 0.0413. The number of benzene rings is 1. The molecule has 0 heterocycles. The molecule has 3 rings (SSSR count). The number of hydrogen-bond acceptors (Lipinski definition) is 8. The molecule has 8 heteroatoms. The monoisotopic (exact) mass is 667 g/mol. The number of fused-ring (bicyclic) bond motifs is 2. The van der Waals surface area contributed by atoms with Gasteiger partial charge < -0.3 is 31.5 Å². The van der Waals surface area contributed by atoms with Crippen LogP contribution in [-0.4, -0.2) is 60.4 Å². The van der Waals surface area contributed by atoms with Crippen molar-refractivity contribution in [1.29, 1.82) is 0 Å². The predicted molar refractivity (Wildman–Crippen MR) is 197 cm³/mol.